The molecule has 3 rings (SSSR count). The summed E-state index contributed by atoms with van der Waals surface area (Å²) in [5.74, 6) is 0.487. The topological polar surface area (TPSA) is 67.9 Å². The molecular weight excluding hydrogens is 368 g/mol. The van der Waals surface area contributed by atoms with E-state index in [1.807, 2.05) is 37.3 Å². The van der Waals surface area contributed by atoms with Crippen LogP contribution in [0.25, 0.3) is 0 Å². The molecule has 0 spiro atoms. The number of para-hydroxylation sites is 1. The summed E-state index contributed by atoms with van der Waals surface area (Å²) in [6, 6.07) is 13.1. The van der Waals surface area contributed by atoms with Crippen LogP contribution in [0.1, 0.15) is 41.3 Å². The quantitative estimate of drug-likeness (QED) is 0.773. The maximum Gasteiger partial charge on any atom is 0.254 e. The molecule has 1 atom stereocenters. The van der Waals surface area contributed by atoms with E-state index in [2.05, 4.69) is 5.32 Å². The molecule has 1 aliphatic heterocycles. The zero-order valence-electron chi connectivity index (χ0n) is 17.2. The molecular formula is C23H28N2O4. The van der Waals surface area contributed by atoms with Crippen molar-refractivity contribution in [1.29, 1.82) is 0 Å². The van der Waals surface area contributed by atoms with Gasteiger partial charge in [0.05, 0.1) is 13.2 Å². The molecule has 1 aliphatic rings. The van der Waals surface area contributed by atoms with Crippen molar-refractivity contribution in [2.24, 2.45) is 0 Å². The van der Waals surface area contributed by atoms with Gasteiger partial charge in [-0.05, 0) is 43.5 Å². The molecule has 0 radical (unpaired) electrons. The first-order chi connectivity index (χ1) is 14.0. The Hall–Kier alpha value is -2.86. The molecule has 0 aliphatic carbocycles. The average Bonchev–Trinajstić information content (AvgIpc) is 3.22. The minimum Gasteiger partial charge on any atom is -0.496 e. The molecule has 1 fully saturated rings. The van der Waals surface area contributed by atoms with Crippen LogP contribution in [0.5, 0.6) is 5.75 Å². The number of carbonyl (C=O) groups excluding carboxylic acids is 2. The van der Waals surface area contributed by atoms with Crippen LogP contribution in [0, 0.1) is 6.92 Å². The van der Waals surface area contributed by atoms with Gasteiger partial charge in [0.1, 0.15) is 5.75 Å². The van der Waals surface area contributed by atoms with Crippen molar-refractivity contribution in [2.45, 2.75) is 39.3 Å². The highest BCUT2D eigenvalue weighted by molar-refractivity contribution is 5.97. The first-order valence-corrected chi connectivity index (χ1v) is 9.89. The van der Waals surface area contributed by atoms with E-state index >= 15 is 0 Å². The maximum absolute atomic E-state index is 13.4. The van der Waals surface area contributed by atoms with Crippen LogP contribution in [0.15, 0.2) is 42.5 Å². The molecule has 0 bridgehead atoms. The molecule has 1 saturated heterocycles. The van der Waals surface area contributed by atoms with Crippen molar-refractivity contribution >= 4 is 17.5 Å². The second-order valence-electron chi connectivity index (χ2n) is 7.34. The number of methoxy groups -OCH3 is 1. The lowest BCUT2D eigenvalue weighted by Crippen LogP contribution is -2.37. The lowest BCUT2D eigenvalue weighted by atomic mass is 10.1. The number of aryl methyl sites for hydroxylation is 1. The fraction of sp³-hybridized carbons (Fsp3) is 0.391. The minimum atomic E-state index is -0.164. The summed E-state index contributed by atoms with van der Waals surface area (Å²) in [6.45, 7) is 5.03. The first-order valence-electron chi connectivity index (χ1n) is 9.89. The monoisotopic (exact) mass is 396 g/mol. The molecule has 2 aromatic rings. The summed E-state index contributed by atoms with van der Waals surface area (Å²) < 4.78 is 11.2. The van der Waals surface area contributed by atoms with Crippen molar-refractivity contribution in [3.8, 4) is 5.75 Å². The van der Waals surface area contributed by atoms with Crippen molar-refractivity contribution in [2.75, 3.05) is 25.6 Å². The normalized spacial score (nSPS) is 15.8. The van der Waals surface area contributed by atoms with Gasteiger partial charge in [-0.1, -0.05) is 24.3 Å². The number of benzene rings is 2. The van der Waals surface area contributed by atoms with Gasteiger partial charge in [-0.2, -0.15) is 0 Å². The smallest absolute Gasteiger partial charge is 0.254 e. The molecule has 2 amide bonds. The number of ether oxygens (including phenoxy) is 2. The number of carbonyl (C=O) groups is 2. The van der Waals surface area contributed by atoms with E-state index in [0.29, 0.717) is 24.3 Å². The summed E-state index contributed by atoms with van der Waals surface area (Å²) in [5.41, 5.74) is 3.03. The molecule has 0 aromatic heterocycles. The van der Waals surface area contributed by atoms with Crippen LogP contribution in [-0.4, -0.2) is 43.1 Å². The number of anilines is 1. The van der Waals surface area contributed by atoms with E-state index in [-0.39, 0.29) is 17.9 Å². The van der Waals surface area contributed by atoms with Crippen molar-refractivity contribution in [1.82, 2.24) is 4.90 Å². The Balaban J connectivity index is 1.88. The van der Waals surface area contributed by atoms with Crippen LogP contribution in [0.3, 0.4) is 0 Å². The summed E-state index contributed by atoms with van der Waals surface area (Å²) in [6.07, 6.45) is 1.99. The molecule has 6 heteroatoms. The van der Waals surface area contributed by atoms with Crippen molar-refractivity contribution in [3.63, 3.8) is 0 Å². The highest BCUT2D eigenvalue weighted by Gasteiger charge is 2.25. The average molecular weight is 396 g/mol. The third-order valence-electron chi connectivity index (χ3n) is 5.08. The van der Waals surface area contributed by atoms with Gasteiger partial charge in [-0.15, -0.1) is 0 Å². The predicted molar refractivity (Wildman–Crippen MR) is 112 cm³/mol. The van der Waals surface area contributed by atoms with E-state index in [0.717, 1.165) is 36.3 Å². The lowest BCUT2D eigenvalue weighted by molar-refractivity contribution is -0.114. The zero-order chi connectivity index (χ0) is 20.8. The van der Waals surface area contributed by atoms with Gasteiger partial charge in [-0.25, -0.2) is 0 Å². The van der Waals surface area contributed by atoms with E-state index in [4.69, 9.17) is 9.47 Å². The third-order valence-corrected chi connectivity index (χ3v) is 5.08. The number of nitrogens with one attached hydrogen (secondary N) is 1. The molecule has 29 heavy (non-hydrogen) atoms. The summed E-state index contributed by atoms with van der Waals surface area (Å²) in [4.78, 5) is 26.7. The van der Waals surface area contributed by atoms with Crippen LogP contribution in [-0.2, 0) is 16.1 Å². The first kappa shape index (κ1) is 20.9. The summed E-state index contributed by atoms with van der Waals surface area (Å²) in [5, 5.41) is 2.79. The van der Waals surface area contributed by atoms with Crippen molar-refractivity contribution < 1.29 is 19.1 Å². The Morgan fingerprint density at radius 2 is 2.03 bits per heavy atom. The van der Waals surface area contributed by atoms with E-state index in [1.54, 1.807) is 24.1 Å². The van der Waals surface area contributed by atoms with E-state index in [9.17, 15) is 9.59 Å². The second kappa shape index (κ2) is 9.56. The number of rotatable bonds is 7. The Morgan fingerprint density at radius 1 is 1.24 bits per heavy atom. The van der Waals surface area contributed by atoms with Crippen LogP contribution < -0.4 is 10.1 Å². The SMILES string of the molecule is COc1ccccc1CN(CC1CCCO1)C(=O)c1ccc(C)c(NC(C)=O)c1. The van der Waals surface area contributed by atoms with Gasteiger partial charge in [0.15, 0.2) is 0 Å². The Labute approximate surface area is 171 Å². The number of nitrogens with zero attached hydrogens (tertiary/aromatic N) is 1. The van der Waals surface area contributed by atoms with Gasteiger partial charge in [0.2, 0.25) is 5.91 Å². The highest BCUT2D eigenvalue weighted by Crippen LogP contribution is 2.24. The van der Waals surface area contributed by atoms with Crippen LogP contribution in [0.2, 0.25) is 0 Å². The van der Waals surface area contributed by atoms with Gasteiger partial charge >= 0.3 is 0 Å². The molecule has 1 N–H and O–H groups in total. The minimum absolute atomic E-state index is 0.0360. The van der Waals surface area contributed by atoms with E-state index in [1.165, 1.54) is 6.92 Å². The predicted octanol–water partition coefficient (Wildman–Crippen LogP) is 3.78. The number of hydrogen-bond acceptors (Lipinski definition) is 4. The maximum atomic E-state index is 13.4. The van der Waals surface area contributed by atoms with Gasteiger partial charge in [0.25, 0.3) is 5.91 Å². The fourth-order valence-electron chi connectivity index (χ4n) is 3.55. The Morgan fingerprint density at radius 3 is 2.72 bits per heavy atom. The summed E-state index contributed by atoms with van der Waals surface area (Å²) in [7, 11) is 1.63. The Bertz CT molecular complexity index is 875. The number of hydrogen-bond donors (Lipinski definition) is 1. The fourth-order valence-corrected chi connectivity index (χ4v) is 3.55. The molecule has 0 saturated carbocycles. The Kier molecular flexibility index (Phi) is 6.88. The molecule has 1 heterocycles. The third kappa shape index (κ3) is 5.35. The second-order valence-corrected chi connectivity index (χ2v) is 7.34. The molecule has 2 aromatic carbocycles. The van der Waals surface area contributed by atoms with Crippen molar-refractivity contribution in [3.05, 3.63) is 59.2 Å². The van der Waals surface area contributed by atoms with Crippen LogP contribution >= 0.6 is 0 Å². The zero-order valence-corrected chi connectivity index (χ0v) is 17.2. The lowest BCUT2D eigenvalue weighted by Gasteiger charge is -2.26. The molecule has 6 nitrogen and oxygen atoms in total. The molecule has 154 valence electrons. The highest BCUT2D eigenvalue weighted by atomic mass is 16.5. The van der Waals surface area contributed by atoms with Gasteiger partial charge in [0, 0.05) is 43.4 Å². The largest absolute Gasteiger partial charge is 0.496 e. The van der Waals surface area contributed by atoms with Gasteiger partial charge in [-0.3, -0.25) is 9.59 Å². The standard InChI is InChI=1S/C23H28N2O4/c1-16-10-11-18(13-21(16)24-17(2)26)23(27)25(15-20-8-6-12-29-20)14-19-7-4-5-9-22(19)28-3/h4-5,7,9-11,13,20H,6,8,12,14-15H2,1-3H3,(H,24,26). The number of amides is 2. The molecule has 1 unspecified atom stereocenters. The summed E-state index contributed by atoms with van der Waals surface area (Å²) >= 11 is 0. The van der Waals surface area contributed by atoms with Gasteiger partial charge < -0.3 is 19.7 Å². The van der Waals surface area contributed by atoms with Crippen LogP contribution in [0.4, 0.5) is 5.69 Å². The van der Waals surface area contributed by atoms with E-state index < -0.39 is 0 Å².